The Labute approximate surface area is 132 Å². The first kappa shape index (κ1) is 19.5. The van der Waals surface area contributed by atoms with E-state index in [4.69, 9.17) is 5.11 Å². The Bertz CT molecular complexity index is 546. The number of nitrogens with zero attached hydrogens (tertiary/aromatic N) is 1. The molecule has 11 heteroatoms. The Hall–Kier alpha value is -1.59. The van der Waals surface area contributed by atoms with Crippen molar-refractivity contribution in [3.63, 3.8) is 0 Å². The quantitative estimate of drug-likeness (QED) is 0.304. The van der Waals surface area contributed by atoms with Gasteiger partial charge in [0.05, 0.1) is 23.7 Å². The van der Waals surface area contributed by atoms with Gasteiger partial charge in [-0.2, -0.15) is 8.78 Å². The molecule has 0 aromatic heterocycles. The smallest absolute Gasteiger partial charge is 0.340 e. The van der Waals surface area contributed by atoms with Crippen LogP contribution in [-0.4, -0.2) is 52.6 Å². The standard InChI is InChI=1S/C12H13F4NO5S/c13-11(14)12(15,16)6-22-9-1-7(17(20)21)2-10(3-9)23-5-8(19)4-18/h1-3,8,11,18-19H,4-6H2. The maximum Gasteiger partial charge on any atom is 0.340 e. The number of halogens is 4. The maximum atomic E-state index is 12.8. The first-order valence-electron chi connectivity index (χ1n) is 6.15. The van der Waals surface area contributed by atoms with Crippen molar-refractivity contribution in [2.75, 3.05) is 19.0 Å². The molecule has 0 aliphatic heterocycles. The summed E-state index contributed by atoms with van der Waals surface area (Å²) in [4.78, 5) is 10.2. The Balaban J connectivity index is 2.89. The third-order valence-corrected chi connectivity index (χ3v) is 3.60. The molecule has 0 heterocycles. The molecule has 0 spiro atoms. The molecule has 23 heavy (non-hydrogen) atoms. The van der Waals surface area contributed by atoms with E-state index < -0.39 is 42.3 Å². The molecule has 0 aliphatic rings. The number of benzene rings is 1. The average Bonchev–Trinajstić information content (AvgIpc) is 2.50. The van der Waals surface area contributed by atoms with Crippen LogP contribution in [0.15, 0.2) is 23.1 Å². The van der Waals surface area contributed by atoms with Gasteiger partial charge in [0.15, 0.2) is 6.61 Å². The normalized spacial score (nSPS) is 13.2. The van der Waals surface area contributed by atoms with Crippen molar-refractivity contribution < 1.29 is 37.4 Å². The van der Waals surface area contributed by atoms with Gasteiger partial charge in [0.25, 0.3) is 5.69 Å². The minimum absolute atomic E-state index is 0.00962. The number of thioether (sulfide) groups is 1. The maximum absolute atomic E-state index is 12.8. The molecule has 1 atom stereocenters. The number of hydrogen-bond donors (Lipinski definition) is 2. The van der Waals surface area contributed by atoms with Crippen LogP contribution in [0.5, 0.6) is 5.75 Å². The summed E-state index contributed by atoms with van der Waals surface area (Å²) in [6.07, 6.45) is -5.00. The van der Waals surface area contributed by atoms with Gasteiger partial charge < -0.3 is 14.9 Å². The molecule has 1 aromatic rings. The number of nitro groups is 1. The highest BCUT2D eigenvalue weighted by atomic mass is 32.2. The van der Waals surface area contributed by atoms with Gasteiger partial charge >= 0.3 is 12.3 Å². The Morgan fingerprint density at radius 2 is 2.00 bits per heavy atom. The predicted molar refractivity (Wildman–Crippen MR) is 73.4 cm³/mol. The van der Waals surface area contributed by atoms with Crippen LogP contribution in [0, 0.1) is 10.1 Å². The summed E-state index contributed by atoms with van der Waals surface area (Å²) in [5, 5.41) is 28.7. The van der Waals surface area contributed by atoms with E-state index in [0.29, 0.717) is 0 Å². The van der Waals surface area contributed by atoms with E-state index >= 15 is 0 Å². The van der Waals surface area contributed by atoms with Gasteiger partial charge in [-0.25, -0.2) is 8.78 Å². The molecule has 2 N–H and O–H groups in total. The highest BCUT2D eigenvalue weighted by Crippen LogP contribution is 2.31. The number of hydrogen-bond acceptors (Lipinski definition) is 6. The van der Waals surface area contributed by atoms with Crippen molar-refractivity contribution >= 4 is 17.4 Å². The number of ether oxygens (including phenoxy) is 1. The zero-order valence-electron chi connectivity index (χ0n) is 11.5. The fraction of sp³-hybridized carbons (Fsp3) is 0.500. The molecular formula is C12H13F4NO5S. The highest BCUT2D eigenvalue weighted by Gasteiger charge is 2.41. The van der Waals surface area contributed by atoms with Gasteiger partial charge in [-0.1, -0.05) is 0 Å². The zero-order valence-corrected chi connectivity index (χ0v) is 12.3. The predicted octanol–water partition coefficient (Wildman–Crippen LogP) is 2.32. The summed E-state index contributed by atoms with van der Waals surface area (Å²) in [7, 11) is 0. The number of nitro benzene ring substituents is 1. The van der Waals surface area contributed by atoms with E-state index in [2.05, 4.69) is 4.74 Å². The van der Waals surface area contributed by atoms with E-state index in [9.17, 15) is 32.8 Å². The highest BCUT2D eigenvalue weighted by molar-refractivity contribution is 7.99. The van der Waals surface area contributed by atoms with Gasteiger partial charge in [0.1, 0.15) is 5.75 Å². The average molecular weight is 359 g/mol. The fourth-order valence-corrected chi connectivity index (χ4v) is 2.21. The molecule has 1 unspecified atom stereocenters. The summed E-state index contributed by atoms with van der Waals surface area (Å²) < 4.78 is 54.3. The Morgan fingerprint density at radius 3 is 2.52 bits per heavy atom. The van der Waals surface area contributed by atoms with Crippen LogP contribution < -0.4 is 4.74 Å². The summed E-state index contributed by atoms with van der Waals surface area (Å²) in [6, 6.07) is 3.07. The molecule has 0 radical (unpaired) electrons. The Kier molecular flexibility index (Phi) is 7.03. The molecule has 6 nitrogen and oxygen atoms in total. The SMILES string of the molecule is O=[N+]([O-])c1cc(OCC(F)(F)C(F)F)cc(SCC(O)CO)c1. The topological polar surface area (TPSA) is 92.8 Å². The number of rotatable bonds is 9. The van der Waals surface area contributed by atoms with Crippen LogP contribution in [0.3, 0.4) is 0 Å². The van der Waals surface area contributed by atoms with Crippen LogP contribution in [0.2, 0.25) is 0 Å². The monoisotopic (exact) mass is 359 g/mol. The lowest BCUT2D eigenvalue weighted by molar-refractivity contribution is -0.385. The first-order chi connectivity index (χ1) is 10.7. The van der Waals surface area contributed by atoms with E-state index in [0.717, 1.165) is 30.0 Å². The molecule has 1 rings (SSSR count). The third kappa shape index (κ3) is 6.20. The number of alkyl halides is 4. The van der Waals surface area contributed by atoms with E-state index in [1.165, 1.54) is 0 Å². The molecule has 0 bridgehead atoms. The number of aliphatic hydroxyl groups is 2. The molecule has 1 aromatic carbocycles. The van der Waals surface area contributed by atoms with E-state index in [1.54, 1.807) is 0 Å². The Morgan fingerprint density at radius 1 is 1.35 bits per heavy atom. The summed E-state index contributed by atoms with van der Waals surface area (Å²) in [5.74, 6) is -4.77. The van der Waals surface area contributed by atoms with Crippen LogP contribution >= 0.6 is 11.8 Å². The summed E-state index contributed by atoms with van der Waals surface area (Å²) >= 11 is 0.908. The van der Waals surface area contributed by atoms with E-state index in [1.807, 2.05) is 0 Å². The molecule has 130 valence electrons. The van der Waals surface area contributed by atoms with Gasteiger partial charge in [-0.05, 0) is 6.07 Å². The molecule has 0 amide bonds. The first-order valence-corrected chi connectivity index (χ1v) is 7.14. The second kappa shape index (κ2) is 8.31. The van der Waals surface area contributed by atoms with Crippen LogP contribution in [-0.2, 0) is 0 Å². The van der Waals surface area contributed by atoms with Crippen molar-refractivity contribution in [2.24, 2.45) is 0 Å². The number of non-ortho nitro benzene ring substituents is 1. The molecule has 0 saturated heterocycles. The van der Waals surface area contributed by atoms with Gasteiger partial charge in [-0.15, -0.1) is 11.8 Å². The summed E-state index contributed by atoms with van der Waals surface area (Å²) in [5.41, 5.74) is -0.483. The van der Waals surface area contributed by atoms with Gasteiger partial charge in [0, 0.05) is 16.7 Å². The number of aliphatic hydroxyl groups excluding tert-OH is 2. The van der Waals surface area contributed by atoms with Crippen molar-refractivity contribution in [1.29, 1.82) is 0 Å². The second-order valence-corrected chi connectivity index (χ2v) is 5.51. The van der Waals surface area contributed by atoms with Crippen molar-refractivity contribution in [3.05, 3.63) is 28.3 Å². The minimum atomic E-state index is -4.38. The lowest BCUT2D eigenvalue weighted by Crippen LogP contribution is -2.33. The molecule has 0 saturated carbocycles. The second-order valence-electron chi connectivity index (χ2n) is 4.42. The summed E-state index contributed by atoms with van der Waals surface area (Å²) in [6.45, 7) is -2.15. The van der Waals surface area contributed by atoms with Crippen LogP contribution in [0.1, 0.15) is 0 Å². The van der Waals surface area contributed by atoms with E-state index in [-0.39, 0.29) is 16.4 Å². The fourth-order valence-electron chi connectivity index (χ4n) is 1.32. The van der Waals surface area contributed by atoms with Gasteiger partial charge in [0.2, 0.25) is 0 Å². The lowest BCUT2D eigenvalue weighted by atomic mass is 10.3. The molecule has 0 aliphatic carbocycles. The zero-order chi connectivity index (χ0) is 17.6. The van der Waals surface area contributed by atoms with Crippen LogP contribution in [0.4, 0.5) is 23.2 Å². The van der Waals surface area contributed by atoms with Crippen molar-refractivity contribution in [1.82, 2.24) is 0 Å². The largest absolute Gasteiger partial charge is 0.487 e. The molecular weight excluding hydrogens is 346 g/mol. The van der Waals surface area contributed by atoms with Gasteiger partial charge in [-0.3, -0.25) is 10.1 Å². The minimum Gasteiger partial charge on any atom is -0.487 e. The van der Waals surface area contributed by atoms with Crippen molar-refractivity contribution in [3.8, 4) is 5.75 Å². The third-order valence-electron chi connectivity index (χ3n) is 2.48. The lowest BCUT2D eigenvalue weighted by Gasteiger charge is -2.16. The van der Waals surface area contributed by atoms with Crippen LogP contribution in [0.25, 0.3) is 0 Å². The molecule has 0 fully saturated rings. The van der Waals surface area contributed by atoms with Crippen molar-refractivity contribution in [2.45, 2.75) is 23.3 Å².